The van der Waals surface area contributed by atoms with Gasteiger partial charge in [0.05, 0.1) is 20.3 Å². The number of nitrogens with one attached hydrogen (secondary N) is 1. The standard InChI is InChI=1S/C16H25NO4/c1-5-20-15(18)16(2,3)17-11-6-12-21-14-9-7-13(19-4)8-10-14/h7-10,17H,5-6,11-12H2,1-4H3. The minimum Gasteiger partial charge on any atom is -0.497 e. The van der Waals surface area contributed by atoms with Crippen LogP contribution in [0.3, 0.4) is 0 Å². The summed E-state index contributed by atoms with van der Waals surface area (Å²) in [6.07, 6.45) is 0.800. The predicted octanol–water partition coefficient (Wildman–Crippen LogP) is 2.40. The maximum Gasteiger partial charge on any atom is 0.325 e. The summed E-state index contributed by atoms with van der Waals surface area (Å²) in [7, 11) is 1.63. The lowest BCUT2D eigenvalue weighted by molar-refractivity contribution is -0.149. The normalized spacial score (nSPS) is 11.0. The van der Waals surface area contributed by atoms with Gasteiger partial charge in [0.2, 0.25) is 0 Å². The molecule has 0 heterocycles. The second kappa shape index (κ2) is 8.52. The van der Waals surface area contributed by atoms with Crippen LogP contribution < -0.4 is 14.8 Å². The first-order chi connectivity index (χ1) is 9.99. The van der Waals surface area contributed by atoms with E-state index in [1.807, 2.05) is 38.1 Å². The zero-order valence-corrected chi connectivity index (χ0v) is 13.3. The van der Waals surface area contributed by atoms with Gasteiger partial charge >= 0.3 is 5.97 Å². The number of hydrogen-bond acceptors (Lipinski definition) is 5. The molecule has 21 heavy (non-hydrogen) atoms. The number of hydrogen-bond donors (Lipinski definition) is 1. The fourth-order valence-electron chi connectivity index (χ4n) is 1.72. The molecule has 0 aliphatic rings. The minimum atomic E-state index is -0.671. The van der Waals surface area contributed by atoms with Crippen molar-refractivity contribution in [1.29, 1.82) is 0 Å². The number of benzene rings is 1. The van der Waals surface area contributed by atoms with Crippen molar-refractivity contribution in [2.45, 2.75) is 32.7 Å². The van der Waals surface area contributed by atoms with Gasteiger partial charge in [0.15, 0.2) is 0 Å². The Morgan fingerprint density at radius 2 is 1.81 bits per heavy atom. The molecule has 1 rings (SSSR count). The average molecular weight is 295 g/mol. The van der Waals surface area contributed by atoms with Gasteiger partial charge in [0.1, 0.15) is 17.0 Å². The van der Waals surface area contributed by atoms with Crippen molar-refractivity contribution in [1.82, 2.24) is 5.32 Å². The van der Waals surface area contributed by atoms with Crippen LogP contribution in [0.15, 0.2) is 24.3 Å². The smallest absolute Gasteiger partial charge is 0.325 e. The van der Waals surface area contributed by atoms with Crippen LogP contribution >= 0.6 is 0 Å². The average Bonchev–Trinajstić information content (AvgIpc) is 2.47. The fourth-order valence-corrected chi connectivity index (χ4v) is 1.72. The molecule has 0 bridgehead atoms. The van der Waals surface area contributed by atoms with E-state index >= 15 is 0 Å². The quantitative estimate of drug-likeness (QED) is 0.560. The molecule has 1 aromatic rings. The van der Waals surface area contributed by atoms with E-state index in [4.69, 9.17) is 14.2 Å². The monoisotopic (exact) mass is 295 g/mol. The Labute approximate surface area is 126 Å². The molecule has 0 spiro atoms. The highest BCUT2D eigenvalue weighted by Gasteiger charge is 2.27. The number of ether oxygens (including phenoxy) is 3. The van der Waals surface area contributed by atoms with Crippen LogP contribution in [0.1, 0.15) is 27.2 Å². The van der Waals surface area contributed by atoms with Crippen molar-refractivity contribution in [3.63, 3.8) is 0 Å². The number of carbonyl (C=O) groups excluding carboxylic acids is 1. The molecular weight excluding hydrogens is 270 g/mol. The first-order valence-corrected chi connectivity index (χ1v) is 7.18. The lowest BCUT2D eigenvalue weighted by atomic mass is 10.1. The number of esters is 1. The summed E-state index contributed by atoms with van der Waals surface area (Å²) >= 11 is 0. The van der Waals surface area contributed by atoms with Crippen molar-refractivity contribution in [2.24, 2.45) is 0 Å². The third-order valence-corrected chi connectivity index (χ3v) is 3.00. The molecule has 0 unspecified atom stereocenters. The van der Waals surface area contributed by atoms with Crippen molar-refractivity contribution in [3.05, 3.63) is 24.3 Å². The molecule has 0 aliphatic heterocycles. The van der Waals surface area contributed by atoms with Crippen LogP contribution in [-0.4, -0.2) is 38.4 Å². The van der Waals surface area contributed by atoms with Crippen LogP contribution in [0.2, 0.25) is 0 Å². The number of rotatable bonds is 9. The summed E-state index contributed by atoms with van der Waals surface area (Å²) in [5.41, 5.74) is -0.671. The summed E-state index contributed by atoms with van der Waals surface area (Å²) in [6.45, 7) is 7.09. The van der Waals surface area contributed by atoms with Crippen molar-refractivity contribution >= 4 is 5.97 Å². The zero-order valence-electron chi connectivity index (χ0n) is 13.3. The van der Waals surface area contributed by atoms with Gasteiger partial charge in [-0.1, -0.05) is 0 Å². The molecule has 0 aromatic heterocycles. The Kier molecular flexibility index (Phi) is 7.02. The minimum absolute atomic E-state index is 0.235. The maximum atomic E-state index is 11.7. The van der Waals surface area contributed by atoms with Gasteiger partial charge in [-0.3, -0.25) is 4.79 Å². The molecule has 5 heteroatoms. The van der Waals surface area contributed by atoms with E-state index in [1.165, 1.54) is 0 Å². The molecule has 1 aromatic carbocycles. The molecule has 1 N–H and O–H groups in total. The second-order valence-corrected chi connectivity index (χ2v) is 5.15. The van der Waals surface area contributed by atoms with Crippen molar-refractivity contribution in [3.8, 4) is 11.5 Å². The second-order valence-electron chi connectivity index (χ2n) is 5.15. The van der Waals surface area contributed by atoms with Gasteiger partial charge in [0.25, 0.3) is 0 Å². The molecule has 0 amide bonds. The number of methoxy groups -OCH3 is 1. The third kappa shape index (κ3) is 6.04. The lowest BCUT2D eigenvalue weighted by Crippen LogP contribution is -2.48. The van der Waals surface area contributed by atoms with Gasteiger partial charge < -0.3 is 19.5 Å². The molecule has 5 nitrogen and oxygen atoms in total. The van der Waals surface area contributed by atoms with E-state index in [-0.39, 0.29) is 5.97 Å². The highest BCUT2D eigenvalue weighted by molar-refractivity contribution is 5.79. The highest BCUT2D eigenvalue weighted by atomic mass is 16.5. The molecule has 0 atom stereocenters. The van der Waals surface area contributed by atoms with Crippen LogP contribution in [0.5, 0.6) is 11.5 Å². The predicted molar refractivity (Wildman–Crippen MR) is 81.8 cm³/mol. The van der Waals surface area contributed by atoms with E-state index in [9.17, 15) is 4.79 Å². The summed E-state index contributed by atoms with van der Waals surface area (Å²) in [5.74, 6) is 1.38. The third-order valence-electron chi connectivity index (χ3n) is 3.00. The maximum absolute atomic E-state index is 11.7. The summed E-state index contributed by atoms with van der Waals surface area (Å²) in [6, 6.07) is 7.46. The molecular formula is C16H25NO4. The van der Waals surface area contributed by atoms with E-state index in [2.05, 4.69) is 5.32 Å². The van der Waals surface area contributed by atoms with Gasteiger partial charge in [-0.25, -0.2) is 0 Å². The Morgan fingerprint density at radius 3 is 2.38 bits per heavy atom. The van der Waals surface area contributed by atoms with E-state index < -0.39 is 5.54 Å². The topological polar surface area (TPSA) is 56.8 Å². The Morgan fingerprint density at radius 1 is 1.19 bits per heavy atom. The van der Waals surface area contributed by atoms with Gasteiger partial charge in [-0.2, -0.15) is 0 Å². The molecule has 0 saturated heterocycles. The molecule has 0 saturated carbocycles. The molecule has 0 radical (unpaired) electrons. The largest absolute Gasteiger partial charge is 0.497 e. The van der Waals surface area contributed by atoms with Crippen molar-refractivity contribution in [2.75, 3.05) is 26.9 Å². The van der Waals surface area contributed by atoms with Gasteiger partial charge in [-0.15, -0.1) is 0 Å². The van der Waals surface area contributed by atoms with E-state index in [0.29, 0.717) is 19.8 Å². The van der Waals surface area contributed by atoms with Gasteiger partial charge in [0, 0.05) is 0 Å². The van der Waals surface area contributed by atoms with Crippen LogP contribution in [0.25, 0.3) is 0 Å². The Hall–Kier alpha value is -1.75. The van der Waals surface area contributed by atoms with Crippen LogP contribution in [0.4, 0.5) is 0 Å². The fraction of sp³-hybridized carbons (Fsp3) is 0.562. The van der Waals surface area contributed by atoms with Gasteiger partial charge in [-0.05, 0) is 58.0 Å². The number of carbonyl (C=O) groups is 1. The van der Waals surface area contributed by atoms with Crippen LogP contribution in [-0.2, 0) is 9.53 Å². The highest BCUT2D eigenvalue weighted by Crippen LogP contribution is 2.17. The first kappa shape index (κ1) is 17.3. The SMILES string of the molecule is CCOC(=O)C(C)(C)NCCCOc1ccc(OC)cc1. The zero-order chi connectivity index (χ0) is 15.7. The lowest BCUT2D eigenvalue weighted by Gasteiger charge is -2.23. The molecule has 0 fully saturated rings. The van der Waals surface area contributed by atoms with Crippen molar-refractivity contribution < 1.29 is 19.0 Å². The first-order valence-electron chi connectivity index (χ1n) is 7.18. The summed E-state index contributed by atoms with van der Waals surface area (Å²) in [4.78, 5) is 11.7. The van der Waals surface area contributed by atoms with E-state index in [1.54, 1.807) is 14.0 Å². The summed E-state index contributed by atoms with van der Waals surface area (Å²) in [5, 5.41) is 3.17. The molecule has 0 aliphatic carbocycles. The summed E-state index contributed by atoms with van der Waals surface area (Å²) < 4.78 is 15.7. The van der Waals surface area contributed by atoms with E-state index in [0.717, 1.165) is 17.9 Å². The van der Waals surface area contributed by atoms with Crippen LogP contribution in [0, 0.1) is 0 Å². The Balaban J connectivity index is 2.23. The molecule has 118 valence electrons. The Bertz CT molecular complexity index is 428.